The van der Waals surface area contributed by atoms with Crippen molar-refractivity contribution in [3.05, 3.63) is 95.1 Å². The Bertz CT molecular complexity index is 1190. The lowest BCUT2D eigenvalue weighted by Gasteiger charge is -2.18. The Kier molecular flexibility index (Phi) is 6.58. The summed E-state index contributed by atoms with van der Waals surface area (Å²) >= 11 is 0. The van der Waals surface area contributed by atoms with Gasteiger partial charge in [-0.1, -0.05) is 48.5 Å². The number of hydrogen-bond acceptors (Lipinski definition) is 4. The number of carbonyl (C=O) groups is 1. The highest BCUT2D eigenvalue weighted by Crippen LogP contribution is 2.22. The first-order chi connectivity index (χ1) is 15.4. The number of urea groups is 1. The van der Waals surface area contributed by atoms with E-state index in [1.54, 1.807) is 12.1 Å². The molecule has 0 fully saturated rings. The monoisotopic (exact) mass is 449 g/mol. The topological polar surface area (TPSA) is 87.3 Å². The van der Waals surface area contributed by atoms with E-state index in [4.69, 9.17) is 0 Å². The van der Waals surface area contributed by atoms with E-state index in [1.165, 1.54) is 23.3 Å². The molecular weight excluding hydrogens is 422 g/mol. The number of anilines is 1. The fraction of sp³-hybridized carbons (Fsp3) is 0.240. The molecule has 32 heavy (non-hydrogen) atoms. The average molecular weight is 450 g/mol. The molecule has 0 aliphatic carbocycles. The number of benzene rings is 3. The van der Waals surface area contributed by atoms with Crippen molar-refractivity contribution in [1.82, 2.24) is 10.6 Å². The van der Waals surface area contributed by atoms with Gasteiger partial charge < -0.3 is 16.0 Å². The zero-order valence-electron chi connectivity index (χ0n) is 18.0. The first kappa shape index (κ1) is 22.0. The van der Waals surface area contributed by atoms with Crippen LogP contribution in [-0.2, 0) is 28.6 Å². The summed E-state index contributed by atoms with van der Waals surface area (Å²) in [4.78, 5) is 12.5. The number of amides is 2. The molecule has 0 bridgehead atoms. The fourth-order valence-corrected chi connectivity index (χ4v) is 5.19. The van der Waals surface area contributed by atoms with Gasteiger partial charge in [-0.25, -0.2) is 13.2 Å². The molecule has 0 aromatic heterocycles. The van der Waals surface area contributed by atoms with Crippen molar-refractivity contribution in [3.63, 3.8) is 0 Å². The molecule has 1 aliphatic rings. The van der Waals surface area contributed by atoms with Gasteiger partial charge in [0, 0.05) is 12.2 Å². The smallest absolute Gasteiger partial charge is 0.319 e. The van der Waals surface area contributed by atoms with Crippen LogP contribution in [0.25, 0.3) is 0 Å². The van der Waals surface area contributed by atoms with Crippen LogP contribution < -0.4 is 16.0 Å². The predicted octanol–water partition coefficient (Wildman–Crippen LogP) is 4.19. The number of nitrogens with one attached hydrogen (secondary N) is 3. The Hall–Kier alpha value is -3.16. The van der Waals surface area contributed by atoms with Crippen LogP contribution in [-0.4, -0.2) is 21.0 Å². The summed E-state index contributed by atoms with van der Waals surface area (Å²) in [5.74, 6) is -0.0461. The zero-order valence-corrected chi connectivity index (χ0v) is 18.8. The fourth-order valence-electron chi connectivity index (χ4n) is 3.86. The Labute approximate surface area is 189 Å². The highest BCUT2D eigenvalue weighted by Gasteiger charge is 2.18. The van der Waals surface area contributed by atoms with Crippen LogP contribution >= 0.6 is 0 Å². The third kappa shape index (κ3) is 5.36. The van der Waals surface area contributed by atoms with Crippen molar-refractivity contribution in [2.24, 2.45) is 0 Å². The number of carbonyl (C=O) groups excluding carboxylic acids is 1. The van der Waals surface area contributed by atoms with Gasteiger partial charge >= 0.3 is 6.03 Å². The van der Waals surface area contributed by atoms with Crippen LogP contribution in [0.4, 0.5) is 10.5 Å². The van der Waals surface area contributed by atoms with Gasteiger partial charge in [-0.15, -0.1) is 0 Å². The van der Waals surface area contributed by atoms with Crippen molar-refractivity contribution in [2.75, 3.05) is 11.9 Å². The molecule has 3 aromatic carbocycles. The molecule has 0 saturated heterocycles. The second-order valence-corrected chi connectivity index (χ2v) is 10.0. The third-order valence-electron chi connectivity index (χ3n) is 5.63. The summed E-state index contributed by atoms with van der Waals surface area (Å²) in [7, 11) is -3.48. The van der Waals surface area contributed by atoms with Gasteiger partial charge in [0.15, 0.2) is 9.84 Å². The quantitative estimate of drug-likeness (QED) is 0.527. The maximum atomic E-state index is 12.9. The Morgan fingerprint density at radius 1 is 1.00 bits per heavy atom. The summed E-state index contributed by atoms with van der Waals surface area (Å²) in [5.41, 5.74) is 4.77. The van der Waals surface area contributed by atoms with Crippen LogP contribution in [0.3, 0.4) is 0 Å². The van der Waals surface area contributed by atoms with Crippen LogP contribution in [0.5, 0.6) is 0 Å². The van der Waals surface area contributed by atoms with Gasteiger partial charge in [0.2, 0.25) is 0 Å². The number of sulfone groups is 1. The molecule has 0 unspecified atom stereocenters. The van der Waals surface area contributed by atoms with Crippen molar-refractivity contribution >= 4 is 21.6 Å². The van der Waals surface area contributed by atoms with Crippen molar-refractivity contribution in [2.45, 2.75) is 36.6 Å². The van der Waals surface area contributed by atoms with Gasteiger partial charge in [-0.05, 0) is 66.4 Å². The zero-order chi connectivity index (χ0) is 22.6. The summed E-state index contributed by atoms with van der Waals surface area (Å²) in [6, 6.07) is 21.4. The lowest BCUT2D eigenvalue weighted by Crippen LogP contribution is -2.31. The molecule has 2 amide bonds. The molecular formula is C25H27N3O3S. The average Bonchev–Trinajstić information content (AvgIpc) is 2.79. The molecule has 1 heterocycles. The maximum absolute atomic E-state index is 12.9. The van der Waals surface area contributed by atoms with E-state index in [2.05, 4.69) is 16.0 Å². The van der Waals surface area contributed by atoms with Gasteiger partial charge in [-0.3, -0.25) is 0 Å². The minimum atomic E-state index is -3.48. The molecule has 3 aromatic rings. The molecule has 0 spiro atoms. The van der Waals surface area contributed by atoms with Gasteiger partial charge in [-0.2, -0.15) is 0 Å². The molecule has 4 rings (SSSR count). The third-order valence-corrected chi connectivity index (χ3v) is 7.34. The van der Waals surface area contributed by atoms with Crippen molar-refractivity contribution in [1.29, 1.82) is 0 Å². The summed E-state index contributed by atoms with van der Waals surface area (Å²) in [5, 5.41) is 8.95. The normalized spacial score (nSPS) is 14.3. The number of hydrogen-bond donors (Lipinski definition) is 3. The summed E-state index contributed by atoms with van der Waals surface area (Å²) < 4.78 is 25.8. The molecule has 1 atom stereocenters. The highest BCUT2D eigenvalue weighted by molar-refractivity contribution is 7.90. The van der Waals surface area contributed by atoms with Crippen LogP contribution in [0.2, 0.25) is 0 Å². The lowest BCUT2D eigenvalue weighted by atomic mass is 9.99. The second-order valence-electron chi connectivity index (χ2n) is 8.04. The predicted molar refractivity (Wildman–Crippen MR) is 126 cm³/mol. The Balaban J connectivity index is 1.38. The van der Waals surface area contributed by atoms with Crippen LogP contribution in [0, 0.1) is 0 Å². The minimum Gasteiger partial charge on any atom is -0.331 e. The van der Waals surface area contributed by atoms with E-state index < -0.39 is 9.84 Å². The van der Waals surface area contributed by atoms with E-state index in [0.29, 0.717) is 5.69 Å². The van der Waals surface area contributed by atoms with Crippen molar-refractivity contribution < 1.29 is 13.2 Å². The lowest BCUT2D eigenvalue weighted by molar-refractivity contribution is 0.249. The SMILES string of the molecule is C[C@H](NC(=O)Nc1ccc(S(=O)(=O)Cc2ccc3c(c2)CCNC3)cc1)c1ccccc1. The number of fused-ring (bicyclic) bond motifs is 1. The van der Waals surface area contributed by atoms with Gasteiger partial charge in [0.25, 0.3) is 0 Å². The maximum Gasteiger partial charge on any atom is 0.319 e. The Morgan fingerprint density at radius 2 is 1.75 bits per heavy atom. The van der Waals surface area contributed by atoms with Gasteiger partial charge in [0.05, 0.1) is 16.7 Å². The molecule has 3 N–H and O–H groups in total. The largest absolute Gasteiger partial charge is 0.331 e. The van der Waals surface area contributed by atoms with Gasteiger partial charge in [0.1, 0.15) is 0 Å². The molecule has 0 radical (unpaired) electrons. The molecule has 0 saturated carbocycles. The first-order valence-electron chi connectivity index (χ1n) is 10.7. The number of rotatable bonds is 6. The molecule has 7 heteroatoms. The highest BCUT2D eigenvalue weighted by atomic mass is 32.2. The first-order valence-corrected chi connectivity index (χ1v) is 12.3. The standard InChI is InChI=1S/C25H27N3O3S/c1-18(20-5-3-2-4-6-20)27-25(29)28-23-9-11-24(12-10-23)32(30,31)17-19-7-8-22-16-26-14-13-21(22)15-19/h2-12,15,18,26H,13-14,16-17H2,1H3,(H2,27,28,29)/t18-/m0/s1. The van der Waals surface area contributed by atoms with E-state index in [0.717, 1.165) is 30.6 Å². The van der Waals surface area contributed by atoms with E-state index in [1.807, 2.05) is 55.5 Å². The summed E-state index contributed by atoms with van der Waals surface area (Å²) in [6.45, 7) is 3.64. The van der Waals surface area contributed by atoms with E-state index in [-0.39, 0.29) is 22.7 Å². The van der Waals surface area contributed by atoms with Crippen LogP contribution in [0.1, 0.15) is 35.2 Å². The van der Waals surface area contributed by atoms with Crippen LogP contribution in [0.15, 0.2) is 77.7 Å². The Morgan fingerprint density at radius 3 is 2.50 bits per heavy atom. The van der Waals surface area contributed by atoms with E-state index >= 15 is 0 Å². The van der Waals surface area contributed by atoms with E-state index in [9.17, 15) is 13.2 Å². The molecule has 6 nitrogen and oxygen atoms in total. The molecule has 1 aliphatic heterocycles. The molecule has 166 valence electrons. The minimum absolute atomic E-state index is 0.0461. The summed E-state index contributed by atoms with van der Waals surface area (Å²) in [6.07, 6.45) is 0.911. The van der Waals surface area contributed by atoms with Crippen molar-refractivity contribution in [3.8, 4) is 0 Å². The second kappa shape index (κ2) is 9.54.